The molecule has 20 heavy (non-hydrogen) atoms. The smallest absolute Gasteiger partial charge is 0.251 e. The Bertz CT molecular complexity index is 855. The molecule has 0 fully saturated rings. The Hall–Kier alpha value is -2.86. The number of hydrogen-bond donors (Lipinski definition) is 1. The van der Waals surface area contributed by atoms with Crippen LogP contribution in [0.4, 0.5) is 0 Å². The molecule has 96 valence electrons. The molecule has 1 aromatic heterocycles. The normalized spacial score (nSPS) is 10.3. The predicted octanol–water partition coefficient (Wildman–Crippen LogP) is 2.99. The summed E-state index contributed by atoms with van der Waals surface area (Å²) in [5.41, 5.74) is 3.16. The third-order valence-electron chi connectivity index (χ3n) is 3.31. The second kappa shape index (κ2) is 5.02. The maximum absolute atomic E-state index is 12.1. The van der Waals surface area contributed by atoms with Crippen LogP contribution < -0.4 is 5.56 Å². The summed E-state index contributed by atoms with van der Waals surface area (Å²) in [7, 11) is 0. The number of nitrogens with one attached hydrogen (secondary N) is 1. The zero-order valence-corrected chi connectivity index (χ0v) is 10.8. The van der Waals surface area contributed by atoms with Crippen LogP contribution in [0.3, 0.4) is 0 Å². The molecule has 0 saturated carbocycles. The lowest BCUT2D eigenvalue weighted by atomic mass is 10.0. The second-order valence-electron chi connectivity index (χ2n) is 4.70. The number of hydrogen-bond acceptors (Lipinski definition) is 2. The molecule has 1 heterocycles. The topological polar surface area (TPSA) is 56.6 Å². The quantitative estimate of drug-likeness (QED) is 0.770. The molecule has 0 amide bonds. The van der Waals surface area contributed by atoms with Crippen molar-refractivity contribution in [3.05, 3.63) is 81.6 Å². The molecule has 3 heteroatoms. The van der Waals surface area contributed by atoms with E-state index in [2.05, 4.69) is 11.1 Å². The summed E-state index contributed by atoms with van der Waals surface area (Å²) < 4.78 is 0. The van der Waals surface area contributed by atoms with Gasteiger partial charge in [0, 0.05) is 17.5 Å². The van der Waals surface area contributed by atoms with Crippen LogP contribution in [-0.2, 0) is 6.42 Å². The third kappa shape index (κ3) is 2.32. The van der Waals surface area contributed by atoms with Gasteiger partial charge in [0.25, 0.3) is 5.56 Å². The summed E-state index contributed by atoms with van der Waals surface area (Å²) in [4.78, 5) is 14.9. The van der Waals surface area contributed by atoms with Gasteiger partial charge in [0.1, 0.15) is 0 Å². The number of aromatic amines is 1. The Kier molecular flexibility index (Phi) is 3.06. The number of fused-ring (bicyclic) bond motifs is 1. The molecule has 0 atom stereocenters. The van der Waals surface area contributed by atoms with Gasteiger partial charge in [-0.3, -0.25) is 4.79 Å². The Labute approximate surface area is 116 Å². The lowest BCUT2D eigenvalue weighted by Gasteiger charge is -2.04. The minimum atomic E-state index is -0.0620. The Morgan fingerprint density at radius 1 is 1.05 bits per heavy atom. The van der Waals surface area contributed by atoms with E-state index in [1.54, 1.807) is 12.1 Å². The van der Waals surface area contributed by atoms with Crippen LogP contribution >= 0.6 is 0 Å². The average Bonchev–Trinajstić information content (AvgIpc) is 2.49. The highest BCUT2D eigenvalue weighted by Crippen LogP contribution is 2.13. The van der Waals surface area contributed by atoms with Crippen molar-refractivity contribution in [1.29, 1.82) is 5.26 Å². The Morgan fingerprint density at radius 2 is 1.80 bits per heavy atom. The summed E-state index contributed by atoms with van der Waals surface area (Å²) in [6.45, 7) is 0. The third-order valence-corrected chi connectivity index (χ3v) is 3.31. The summed E-state index contributed by atoms with van der Waals surface area (Å²) in [6.07, 6.45) is 0.561. The summed E-state index contributed by atoms with van der Waals surface area (Å²) in [6, 6.07) is 19.0. The van der Waals surface area contributed by atoms with E-state index in [0.717, 1.165) is 22.0 Å². The molecule has 0 unspecified atom stereocenters. The van der Waals surface area contributed by atoms with E-state index in [0.29, 0.717) is 12.0 Å². The van der Waals surface area contributed by atoms with Gasteiger partial charge in [-0.2, -0.15) is 5.26 Å². The molecule has 3 nitrogen and oxygen atoms in total. The average molecular weight is 260 g/mol. The monoisotopic (exact) mass is 260 g/mol. The number of para-hydroxylation sites is 1. The van der Waals surface area contributed by atoms with Gasteiger partial charge in [-0.25, -0.2) is 0 Å². The number of nitriles is 1. The molecule has 3 aromatic rings. The van der Waals surface area contributed by atoms with E-state index in [4.69, 9.17) is 5.26 Å². The molecule has 2 aromatic carbocycles. The first kappa shape index (κ1) is 12.2. The predicted molar refractivity (Wildman–Crippen MR) is 78.5 cm³/mol. The first-order valence-corrected chi connectivity index (χ1v) is 6.36. The lowest BCUT2D eigenvalue weighted by Crippen LogP contribution is -2.12. The summed E-state index contributed by atoms with van der Waals surface area (Å²) in [5.74, 6) is 0. The van der Waals surface area contributed by atoms with E-state index in [1.807, 2.05) is 42.5 Å². The first-order valence-electron chi connectivity index (χ1n) is 6.36. The number of benzene rings is 2. The van der Waals surface area contributed by atoms with Gasteiger partial charge >= 0.3 is 0 Å². The van der Waals surface area contributed by atoms with Crippen LogP contribution in [0.2, 0.25) is 0 Å². The number of H-pyrrole nitrogens is 1. The summed E-state index contributed by atoms with van der Waals surface area (Å²) >= 11 is 0. The SMILES string of the molecule is N#Cc1ccc(Cc2cc3ccccc3[nH]c2=O)cc1. The van der Waals surface area contributed by atoms with E-state index >= 15 is 0 Å². The van der Waals surface area contributed by atoms with Crippen LogP contribution in [0.5, 0.6) is 0 Å². The van der Waals surface area contributed by atoms with Gasteiger partial charge in [-0.1, -0.05) is 30.3 Å². The fraction of sp³-hybridized carbons (Fsp3) is 0.0588. The van der Waals surface area contributed by atoms with Crippen molar-refractivity contribution < 1.29 is 0 Å². The molecule has 3 rings (SSSR count). The largest absolute Gasteiger partial charge is 0.322 e. The maximum atomic E-state index is 12.1. The molecular formula is C17H12N2O. The van der Waals surface area contributed by atoms with Gasteiger partial charge in [0.2, 0.25) is 0 Å². The van der Waals surface area contributed by atoms with Crippen LogP contribution in [0.25, 0.3) is 10.9 Å². The van der Waals surface area contributed by atoms with Crippen molar-refractivity contribution in [1.82, 2.24) is 4.98 Å². The van der Waals surface area contributed by atoms with E-state index in [9.17, 15) is 4.79 Å². The van der Waals surface area contributed by atoms with Crippen molar-refractivity contribution in [3.8, 4) is 6.07 Å². The zero-order chi connectivity index (χ0) is 13.9. The molecule has 0 radical (unpaired) electrons. The fourth-order valence-corrected chi connectivity index (χ4v) is 2.24. The number of aromatic nitrogens is 1. The zero-order valence-electron chi connectivity index (χ0n) is 10.8. The molecule has 0 saturated heterocycles. The standard InChI is InChI=1S/C17H12N2O/c18-11-13-7-5-12(6-8-13)9-15-10-14-3-1-2-4-16(14)19-17(15)20/h1-8,10H,9H2,(H,19,20). The molecule has 0 spiro atoms. The van der Waals surface area contributed by atoms with Crippen molar-refractivity contribution >= 4 is 10.9 Å². The van der Waals surface area contributed by atoms with E-state index in [1.165, 1.54) is 0 Å². The maximum Gasteiger partial charge on any atom is 0.251 e. The van der Waals surface area contributed by atoms with Crippen LogP contribution in [0.15, 0.2) is 59.4 Å². The fourth-order valence-electron chi connectivity index (χ4n) is 2.24. The van der Waals surface area contributed by atoms with Gasteiger partial charge < -0.3 is 4.98 Å². The molecular weight excluding hydrogens is 248 g/mol. The van der Waals surface area contributed by atoms with E-state index < -0.39 is 0 Å². The first-order chi connectivity index (χ1) is 9.76. The number of nitrogens with zero attached hydrogens (tertiary/aromatic N) is 1. The van der Waals surface area contributed by atoms with Crippen LogP contribution in [-0.4, -0.2) is 4.98 Å². The second-order valence-corrected chi connectivity index (χ2v) is 4.70. The minimum Gasteiger partial charge on any atom is -0.322 e. The highest BCUT2D eigenvalue weighted by Gasteiger charge is 2.04. The van der Waals surface area contributed by atoms with Crippen LogP contribution in [0, 0.1) is 11.3 Å². The molecule has 1 N–H and O–H groups in total. The molecule has 0 aliphatic rings. The van der Waals surface area contributed by atoms with Crippen LogP contribution in [0.1, 0.15) is 16.7 Å². The van der Waals surface area contributed by atoms with E-state index in [-0.39, 0.29) is 5.56 Å². The Morgan fingerprint density at radius 3 is 2.55 bits per heavy atom. The molecule has 0 bridgehead atoms. The van der Waals surface area contributed by atoms with Gasteiger partial charge in [-0.05, 0) is 35.2 Å². The molecule has 0 aliphatic carbocycles. The van der Waals surface area contributed by atoms with Crippen molar-refractivity contribution in [2.24, 2.45) is 0 Å². The summed E-state index contributed by atoms with van der Waals surface area (Å²) in [5, 5.41) is 9.80. The van der Waals surface area contributed by atoms with Crippen molar-refractivity contribution in [2.45, 2.75) is 6.42 Å². The van der Waals surface area contributed by atoms with Crippen molar-refractivity contribution in [3.63, 3.8) is 0 Å². The number of pyridine rings is 1. The highest BCUT2D eigenvalue weighted by molar-refractivity contribution is 5.78. The minimum absolute atomic E-state index is 0.0620. The lowest BCUT2D eigenvalue weighted by molar-refractivity contribution is 1.12. The van der Waals surface area contributed by atoms with Gasteiger partial charge in [0.05, 0.1) is 11.6 Å². The highest BCUT2D eigenvalue weighted by atomic mass is 16.1. The van der Waals surface area contributed by atoms with Crippen molar-refractivity contribution in [2.75, 3.05) is 0 Å². The number of rotatable bonds is 2. The van der Waals surface area contributed by atoms with Gasteiger partial charge in [0.15, 0.2) is 0 Å². The van der Waals surface area contributed by atoms with Gasteiger partial charge in [-0.15, -0.1) is 0 Å². The Balaban J connectivity index is 1.99. The molecule has 0 aliphatic heterocycles.